The van der Waals surface area contributed by atoms with Crippen molar-refractivity contribution >= 4 is 5.91 Å². The minimum Gasteiger partial charge on any atom is -0.384 e. The van der Waals surface area contributed by atoms with Crippen LogP contribution in [0, 0.1) is 6.92 Å². The highest BCUT2D eigenvalue weighted by molar-refractivity contribution is 5.76. The van der Waals surface area contributed by atoms with E-state index in [0.717, 1.165) is 16.8 Å². The molecule has 0 atom stereocenters. The van der Waals surface area contributed by atoms with Gasteiger partial charge < -0.3 is 9.64 Å². The number of ether oxygens (including phenoxy) is 1. The van der Waals surface area contributed by atoms with Crippen LogP contribution in [0.25, 0.3) is 11.1 Å². The van der Waals surface area contributed by atoms with E-state index in [9.17, 15) is 4.79 Å². The predicted molar refractivity (Wildman–Crippen MR) is 83.0 cm³/mol. The molecule has 1 amide bonds. The van der Waals surface area contributed by atoms with Gasteiger partial charge in [-0.25, -0.2) is 9.97 Å². The molecule has 0 radical (unpaired) electrons. The highest BCUT2D eigenvalue weighted by Gasteiger charge is 2.14. The van der Waals surface area contributed by atoms with Crippen molar-refractivity contribution in [1.82, 2.24) is 19.9 Å². The quantitative estimate of drug-likeness (QED) is 0.814. The Morgan fingerprint density at radius 3 is 2.73 bits per heavy atom. The standard InChI is InChI=1S/C16H20N4O2/c1-12-18-10-14(13-4-7-17-8-5-13)15(19-12)11-20(2)16(21)6-9-22-3/h4-5,7-8,10H,6,9,11H2,1-3H3. The van der Waals surface area contributed by atoms with Crippen LogP contribution in [-0.4, -0.2) is 46.5 Å². The lowest BCUT2D eigenvalue weighted by Crippen LogP contribution is -2.27. The molecule has 0 fully saturated rings. The molecule has 0 N–H and O–H groups in total. The molecular weight excluding hydrogens is 280 g/mol. The maximum absolute atomic E-state index is 12.0. The van der Waals surface area contributed by atoms with Gasteiger partial charge in [-0.3, -0.25) is 9.78 Å². The predicted octanol–water partition coefficient (Wildman–Crippen LogP) is 1.84. The first-order valence-electron chi connectivity index (χ1n) is 7.07. The highest BCUT2D eigenvalue weighted by atomic mass is 16.5. The Hall–Kier alpha value is -2.34. The number of hydrogen-bond acceptors (Lipinski definition) is 5. The van der Waals surface area contributed by atoms with E-state index in [0.29, 0.717) is 25.4 Å². The van der Waals surface area contributed by atoms with E-state index in [1.807, 2.05) is 19.1 Å². The van der Waals surface area contributed by atoms with Crippen molar-refractivity contribution in [2.24, 2.45) is 0 Å². The monoisotopic (exact) mass is 300 g/mol. The summed E-state index contributed by atoms with van der Waals surface area (Å²) in [5, 5.41) is 0. The highest BCUT2D eigenvalue weighted by Crippen LogP contribution is 2.22. The molecule has 2 aromatic rings. The molecule has 0 aromatic carbocycles. The van der Waals surface area contributed by atoms with Gasteiger partial charge in [-0.15, -0.1) is 0 Å². The SMILES string of the molecule is COCCC(=O)N(C)Cc1nc(C)ncc1-c1ccncc1. The Kier molecular flexibility index (Phi) is 5.55. The van der Waals surface area contributed by atoms with Gasteiger partial charge in [0.2, 0.25) is 5.91 Å². The average molecular weight is 300 g/mol. The number of rotatable bonds is 6. The van der Waals surface area contributed by atoms with Gasteiger partial charge in [0, 0.05) is 38.3 Å². The summed E-state index contributed by atoms with van der Waals surface area (Å²) in [4.78, 5) is 26.5. The number of carbonyl (C=O) groups excluding carboxylic acids is 1. The summed E-state index contributed by atoms with van der Waals surface area (Å²) >= 11 is 0. The van der Waals surface area contributed by atoms with Crippen LogP contribution in [-0.2, 0) is 16.1 Å². The Morgan fingerprint density at radius 2 is 2.05 bits per heavy atom. The second kappa shape index (κ2) is 7.61. The maximum atomic E-state index is 12.0. The molecule has 0 aliphatic rings. The normalized spacial score (nSPS) is 10.5. The Morgan fingerprint density at radius 1 is 1.32 bits per heavy atom. The van der Waals surface area contributed by atoms with Crippen LogP contribution in [0.3, 0.4) is 0 Å². The first-order valence-corrected chi connectivity index (χ1v) is 7.07. The van der Waals surface area contributed by atoms with Crippen molar-refractivity contribution in [2.45, 2.75) is 19.9 Å². The van der Waals surface area contributed by atoms with Crippen LogP contribution in [0.2, 0.25) is 0 Å². The maximum Gasteiger partial charge on any atom is 0.224 e. The molecule has 0 bridgehead atoms. The second-order valence-corrected chi connectivity index (χ2v) is 5.01. The summed E-state index contributed by atoms with van der Waals surface area (Å²) in [6.07, 6.45) is 5.61. The summed E-state index contributed by atoms with van der Waals surface area (Å²) in [5.41, 5.74) is 2.73. The molecule has 2 heterocycles. The van der Waals surface area contributed by atoms with Gasteiger partial charge in [0.25, 0.3) is 0 Å². The number of nitrogens with zero attached hydrogens (tertiary/aromatic N) is 4. The van der Waals surface area contributed by atoms with Crippen molar-refractivity contribution in [1.29, 1.82) is 0 Å². The topological polar surface area (TPSA) is 68.2 Å². The summed E-state index contributed by atoms with van der Waals surface area (Å²) in [6, 6.07) is 3.81. The summed E-state index contributed by atoms with van der Waals surface area (Å²) in [7, 11) is 3.36. The summed E-state index contributed by atoms with van der Waals surface area (Å²) in [5.74, 6) is 0.712. The molecule has 0 aliphatic carbocycles. The van der Waals surface area contributed by atoms with Gasteiger partial charge in [-0.1, -0.05) is 0 Å². The third kappa shape index (κ3) is 4.08. The van der Waals surface area contributed by atoms with Crippen LogP contribution in [0.1, 0.15) is 17.9 Å². The summed E-state index contributed by atoms with van der Waals surface area (Å²) in [6.45, 7) is 2.69. The number of amides is 1. The molecule has 6 nitrogen and oxygen atoms in total. The molecule has 2 aromatic heterocycles. The smallest absolute Gasteiger partial charge is 0.224 e. The van der Waals surface area contributed by atoms with Crippen molar-refractivity contribution in [3.63, 3.8) is 0 Å². The zero-order valence-electron chi connectivity index (χ0n) is 13.1. The van der Waals surface area contributed by atoms with Crippen molar-refractivity contribution < 1.29 is 9.53 Å². The lowest BCUT2D eigenvalue weighted by Gasteiger charge is -2.18. The van der Waals surface area contributed by atoms with E-state index in [-0.39, 0.29) is 5.91 Å². The molecule has 0 spiro atoms. The number of carbonyl (C=O) groups is 1. The lowest BCUT2D eigenvalue weighted by molar-refractivity contribution is -0.131. The van der Waals surface area contributed by atoms with Crippen LogP contribution >= 0.6 is 0 Å². The lowest BCUT2D eigenvalue weighted by atomic mass is 10.1. The fraction of sp³-hybridized carbons (Fsp3) is 0.375. The molecule has 0 saturated heterocycles. The van der Waals surface area contributed by atoms with Gasteiger partial charge >= 0.3 is 0 Å². The molecule has 22 heavy (non-hydrogen) atoms. The fourth-order valence-corrected chi connectivity index (χ4v) is 2.10. The molecule has 116 valence electrons. The Bertz CT molecular complexity index is 631. The van der Waals surface area contributed by atoms with Crippen LogP contribution in [0.15, 0.2) is 30.7 Å². The van der Waals surface area contributed by atoms with Gasteiger partial charge in [-0.05, 0) is 24.6 Å². The number of aryl methyl sites for hydroxylation is 1. The second-order valence-electron chi connectivity index (χ2n) is 5.01. The minimum absolute atomic E-state index is 0.0267. The van der Waals surface area contributed by atoms with E-state index in [1.165, 1.54) is 0 Å². The van der Waals surface area contributed by atoms with Crippen LogP contribution in [0.4, 0.5) is 0 Å². The van der Waals surface area contributed by atoms with E-state index in [1.54, 1.807) is 37.6 Å². The van der Waals surface area contributed by atoms with Crippen LogP contribution in [0.5, 0.6) is 0 Å². The third-order valence-electron chi connectivity index (χ3n) is 3.31. The first kappa shape index (κ1) is 16.0. The average Bonchev–Trinajstić information content (AvgIpc) is 2.53. The van der Waals surface area contributed by atoms with Crippen molar-refractivity contribution in [3.05, 3.63) is 42.2 Å². The molecule has 0 aliphatic heterocycles. The van der Waals surface area contributed by atoms with E-state index >= 15 is 0 Å². The van der Waals surface area contributed by atoms with E-state index in [4.69, 9.17) is 4.74 Å². The number of hydrogen-bond donors (Lipinski definition) is 0. The zero-order valence-corrected chi connectivity index (χ0v) is 13.1. The van der Waals surface area contributed by atoms with Gasteiger partial charge in [0.05, 0.1) is 25.3 Å². The van der Waals surface area contributed by atoms with Gasteiger partial charge in [0.1, 0.15) is 5.82 Å². The molecule has 2 rings (SSSR count). The Labute approximate surface area is 130 Å². The molecule has 6 heteroatoms. The van der Waals surface area contributed by atoms with Gasteiger partial charge in [0.15, 0.2) is 0 Å². The van der Waals surface area contributed by atoms with Crippen molar-refractivity contribution in [2.75, 3.05) is 20.8 Å². The van der Waals surface area contributed by atoms with Gasteiger partial charge in [-0.2, -0.15) is 0 Å². The molecular formula is C16H20N4O2. The van der Waals surface area contributed by atoms with E-state index < -0.39 is 0 Å². The van der Waals surface area contributed by atoms with Crippen LogP contribution < -0.4 is 0 Å². The minimum atomic E-state index is 0.0267. The Balaban J connectivity index is 2.23. The first-order chi connectivity index (χ1) is 10.6. The number of methoxy groups -OCH3 is 1. The third-order valence-corrected chi connectivity index (χ3v) is 3.31. The fourth-order valence-electron chi connectivity index (χ4n) is 2.10. The number of aromatic nitrogens is 3. The zero-order chi connectivity index (χ0) is 15.9. The van der Waals surface area contributed by atoms with E-state index in [2.05, 4.69) is 15.0 Å². The van der Waals surface area contributed by atoms with Crippen molar-refractivity contribution in [3.8, 4) is 11.1 Å². The number of pyridine rings is 1. The summed E-state index contributed by atoms with van der Waals surface area (Å²) < 4.78 is 4.94. The largest absolute Gasteiger partial charge is 0.384 e. The molecule has 0 unspecified atom stereocenters. The molecule has 0 saturated carbocycles.